The van der Waals surface area contributed by atoms with E-state index in [1.807, 2.05) is 0 Å². The molecule has 106 valence electrons. The molecule has 3 heteroatoms. The first-order valence-corrected chi connectivity index (χ1v) is 7.74. The summed E-state index contributed by atoms with van der Waals surface area (Å²) in [5.41, 5.74) is 0. The standard InChI is InChI=1S/C15H30N2O/c1-4-12(2)10-17(3)11-15-8-7-14(18-15)9-16-13-5-6-13/h12-16H,4-11H2,1-3H3. The molecule has 1 saturated carbocycles. The highest BCUT2D eigenvalue weighted by molar-refractivity contribution is 4.84. The van der Waals surface area contributed by atoms with Crippen LogP contribution >= 0.6 is 0 Å². The van der Waals surface area contributed by atoms with Crippen LogP contribution in [0.5, 0.6) is 0 Å². The molecule has 3 atom stereocenters. The van der Waals surface area contributed by atoms with Crippen molar-refractivity contribution in [3.63, 3.8) is 0 Å². The summed E-state index contributed by atoms with van der Waals surface area (Å²) in [5, 5.41) is 3.58. The van der Waals surface area contributed by atoms with E-state index in [9.17, 15) is 0 Å². The van der Waals surface area contributed by atoms with Crippen molar-refractivity contribution >= 4 is 0 Å². The molecular weight excluding hydrogens is 224 g/mol. The van der Waals surface area contributed by atoms with Crippen molar-refractivity contribution in [3.05, 3.63) is 0 Å². The summed E-state index contributed by atoms with van der Waals surface area (Å²) in [4.78, 5) is 2.44. The molecule has 1 N–H and O–H groups in total. The molecule has 18 heavy (non-hydrogen) atoms. The minimum atomic E-state index is 0.463. The summed E-state index contributed by atoms with van der Waals surface area (Å²) in [7, 11) is 2.23. The fourth-order valence-corrected chi connectivity index (χ4v) is 2.73. The largest absolute Gasteiger partial charge is 0.372 e. The van der Waals surface area contributed by atoms with Crippen molar-refractivity contribution in [1.82, 2.24) is 10.2 Å². The Bertz CT molecular complexity index is 243. The summed E-state index contributed by atoms with van der Waals surface area (Å²) < 4.78 is 6.12. The number of nitrogens with zero attached hydrogens (tertiary/aromatic N) is 1. The zero-order chi connectivity index (χ0) is 13.0. The fraction of sp³-hybridized carbons (Fsp3) is 1.00. The van der Waals surface area contributed by atoms with Crippen LogP contribution in [0.3, 0.4) is 0 Å². The SMILES string of the molecule is CCC(C)CN(C)CC1CCC(CNC2CC2)O1. The summed E-state index contributed by atoms with van der Waals surface area (Å²) >= 11 is 0. The summed E-state index contributed by atoms with van der Waals surface area (Å²) in [6, 6.07) is 0.806. The topological polar surface area (TPSA) is 24.5 Å². The zero-order valence-corrected chi connectivity index (χ0v) is 12.3. The molecule has 3 nitrogen and oxygen atoms in total. The molecule has 1 aliphatic heterocycles. The second-order valence-electron chi connectivity index (χ2n) is 6.37. The minimum Gasteiger partial charge on any atom is -0.372 e. The first kappa shape index (κ1) is 14.3. The smallest absolute Gasteiger partial charge is 0.0707 e. The minimum absolute atomic E-state index is 0.463. The molecule has 0 radical (unpaired) electrons. The Kier molecular flexibility index (Phi) is 5.46. The lowest BCUT2D eigenvalue weighted by atomic mass is 10.1. The van der Waals surface area contributed by atoms with Crippen molar-refractivity contribution in [3.8, 4) is 0 Å². The van der Waals surface area contributed by atoms with E-state index in [-0.39, 0.29) is 0 Å². The number of hydrogen-bond acceptors (Lipinski definition) is 3. The van der Waals surface area contributed by atoms with Crippen molar-refractivity contribution < 1.29 is 4.74 Å². The van der Waals surface area contributed by atoms with Crippen molar-refractivity contribution in [2.75, 3.05) is 26.7 Å². The maximum absolute atomic E-state index is 6.12. The van der Waals surface area contributed by atoms with E-state index in [0.29, 0.717) is 12.2 Å². The molecule has 0 aromatic carbocycles. The Balaban J connectivity index is 1.59. The van der Waals surface area contributed by atoms with Gasteiger partial charge in [-0.2, -0.15) is 0 Å². The van der Waals surface area contributed by atoms with Gasteiger partial charge in [-0.3, -0.25) is 0 Å². The molecule has 0 spiro atoms. The average molecular weight is 254 g/mol. The average Bonchev–Trinajstić information content (AvgIpc) is 3.07. The summed E-state index contributed by atoms with van der Waals surface area (Å²) in [6.45, 7) is 7.96. The van der Waals surface area contributed by atoms with E-state index in [0.717, 1.165) is 25.0 Å². The molecule has 0 aromatic rings. The lowest BCUT2D eigenvalue weighted by Crippen LogP contribution is -2.34. The third-order valence-electron chi connectivity index (χ3n) is 4.24. The van der Waals surface area contributed by atoms with Gasteiger partial charge in [-0.1, -0.05) is 20.3 Å². The van der Waals surface area contributed by atoms with Gasteiger partial charge in [0.15, 0.2) is 0 Å². The molecule has 1 aliphatic carbocycles. The van der Waals surface area contributed by atoms with E-state index >= 15 is 0 Å². The predicted octanol–water partition coefficient (Wildman–Crippen LogP) is 2.26. The first-order chi connectivity index (χ1) is 8.67. The fourth-order valence-electron chi connectivity index (χ4n) is 2.73. The second-order valence-corrected chi connectivity index (χ2v) is 6.37. The van der Waals surface area contributed by atoms with Crippen molar-refractivity contribution in [1.29, 1.82) is 0 Å². The Morgan fingerprint density at radius 2 is 1.94 bits per heavy atom. The Hall–Kier alpha value is -0.120. The molecule has 1 heterocycles. The first-order valence-electron chi connectivity index (χ1n) is 7.74. The third kappa shape index (κ3) is 4.87. The van der Waals surface area contributed by atoms with Gasteiger partial charge in [0.25, 0.3) is 0 Å². The second kappa shape index (κ2) is 6.88. The van der Waals surface area contributed by atoms with E-state index in [1.165, 1.54) is 38.6 Å². The van der Waals surface area contributed by atoms with Crippen LogP contribution in [0.25, 0.3) is 0 Å². The quantitative estimate of drug-likeness (QED) is 0.719. The van der Waals surface area contributed by atoms with E-state index < -0.39 is 0 Å². The molecule has 0 bridgehead atoms. The lowest BCUT2D eigenvalue weighted by molar-refractivity contribution is 0.0257. The molecule has 2 fully saturated rings. The van der Waals surface area contributed by atoms with Crippen molar-refractivity contribution in [2.45, 2.75) is 64.2 Å². The van der Waals surface area contributed by atoms with E-state index in [2.05, 4.69) is 31.1 Å². The summed E-state index contributed by atoms with van der Waals surface area (Å²) in [5.74, 6) is 0.795. The van der Waals surface area contributed by atoms with Crippen molar-refractivity contribution in [2.24, 2.45) is 5.92 Å². The number of hydrogen-bond donors (Lipinski definition) is 1. The third-order valence-corrected chi connectivity index (χ3v) is 4.24. The van der Waals surface area contributed by atoms with Gasteiger partial charge in [-0.05, 0) is 38.6 Å². The zero-order valence-electron chi connectivity index (χ0n) is 12.3. The highest BCUT2D eigenvalue weighted by Gasteiger charge is 2.28. The molecular formula is C15H30N2O. The molecule has 3 unspecified atom stereocenters. The van der Waals surface area contributed by atoms with Crippen LogP contribution in [0.2, 0.25) is 0 Å². The van der Waals surface area contributed by atoms with Crippen LogP contribution in [0.4, 0.5) is 0 Å². The molecule has 2 rings (SSSR count). The monoisotopic (exact) mass is 254 g/mol. The Morgan fingerprint density at radius 3 is 2.61 bits per heavy atom. The molecule has 0 amide bonds. The number of likely N-dealkylation sites (N-methyl/N-ethyl adjacent to an activating group) is 1. The van der Waals surface area contributed by atoms with Crippen LogP contribution in [0.1, 0.15) is 46.0 Å². The van der Waals surface area contributed by atoms with Gasteiger partial charge < -0.3 is 15.0 Å². The van der Waals surface area contributed by atoms with Gasteiger partial charge in [0.2, 0.25) is 0 Å². The van der Waals surface area contributed by atoms with Gasteiger partial charge in [0, 0.05) is 25.7 Å². The van der Waals surface area contributed by atoms with Gasteiger partial charge >= 0.3 is 0 Å². The maximum atomic E-state index is 6.12. The maximum Gasteiger partial charge on any atom is 0.0707 e. The molecule has 0 aromatic heterocycles. The number of ether oxygens (including phenoxy) is 1. The van der Waals surface area contributed by atoms with Crippen LogP contribution < -0.4 is 5.32 Å². The van der Waals surface area contributed by atoms with Gasteiger partial charge in [-0.15, -0.1) is 0 Å². The van der Waals surface area contributed by atoms with Crippen LogP contribution in [0, 0.1) is 5.92 Å². The highest BCUT2D eigenvalue weighted by Crippen LogP contribution is 2.23. The number of nitrogens with one attached hydrogen (secondary N) is 1. The van der Waals surface area contributed by atoms with E-state index in [4.69, 9.17) is 4.74 Å². The van der Waals surface area contributed by atoms with Crippen LogP contribution in [-0.2, 0) is 4.74 Å². The Labute approximate surface area is 112 Å². The molecule has 1 saturated heterocycles. The van der Waals surface area contributed by atoms with Crippen LogP contribution in [-0.4, -0.2) is 49.8 Å². The lowest BCUT2D eigenvalue weighted by Gasteiger charge is -2.24. The number of rotatable bonds is 8. The van der Waals surface area contributed by atoms with Gasteiger partial charge in [0.05, 0.1) is 12.2 Å². The van der Waals surface area contributed by atoms with Gasteiger partial charge in [0.1, 0.15) is 0 Å². The normalized spacial score (nSPS) is 30.0. The predicted molar refractivity (Wildman–Crippen MR) is 75.9 cm³/mol. The summed E-state index contributed by atoms with van der Waals surface area (Å²) in [6.07, 6.45) is 7.41. The molecule has 2 aliphatic rings. The van der Waals surface area contributed by atoms with E-state index in [1.54, 1.807) is 0 Å². The van der Waals surface area contributed by atoms with Gasteiger partial charge in [-0.25, -0.2) is 0 Å². The highest BCUT2D eigenvalue weighted by atomic mass is 16.5. The Morgan fingerprint density at radius 1 is 1.22 bits per heavy atom. The van der Waals surface area contributed by atoms with Crippen LogP contribution in [0.15, 0.2) is 0 Å².